The van der Waals surface area contributed by atoms with Crippen LogP contribution in [0.25, 0.3) is 0 Å². The van der Waals surface area contributed by atoms with Crippen LogP contribution in [-0.4, -0.2) is 28.3 Å². The number of rotatable bonds is 2. The Labute approximate surface area is 105 Å². The first kappa shape index (κ1) is 15.3. The van der Waals surface area contributed by atoms with Crippen molar-refractivity contribution in [3.63, 3.8) is 0 Å². The van der Waals surface area contributed by atoms with Crippen molar-refractivity contribution in [1.82, 2.24) is 0 Å². The minimum Gasteiger partial charge on any atom is -1.00 e. The fourth-order valence-electron chi connectivity index (χ4n) is 0.704. The van der Waals surface area contributed by atoms with Gasteiger partial charge >= 0.3 is 23.1 Å². The summed E-state index contributed by atoms with van der Waals surface area (Å²) in [6.07, 6.45) is 0. The molecular weight excluding hydrogens is 244 g/mol. The van der Waals surface area contributed by atoms with Crippen LogP contribution in [0.4, 0.5) is 0 Å². The van der Waals surface area contributed by atoms with Crippen molar-refractivity contribution in [2.24, 2.45) is 0 Å². The maximum atomic E-state index is 3.16. The van der Waals surface area contributed by atoms with Crippen LogP contribution < -0.4 is 17.0 Å². The van der Waals surface area contributed by atoms with Gasteiger partial charge in [-0.3, -0.25) is 0 Å². The van der Waals surface area contributed by atoms with Crippen molar-refractivity contribution in [1.29, 1.82) is 0 Å². The van der Waals surface area contributed by atoms with E-state index in [-0.39, 0.29) is 40.0 Å². The van der Waals surface area contributed by atoms with Crippen LogP contribution in [0.5, 0.6) is 0 Å². The molecule has 0 aliphatic carbocycles. The first-order valence-corrected chi connectivity index (χ1v) is 4.30. The molecule has 0 bridgehead atoms. The van der Waals surface area contributed by atoms with E-state index in [1.54, 1.807) is 0 Å². The topological polar surface area (TPSA) is 0 Å². The molecule has 0 nitrogen and oxygen atoms in total. The largest absolute Gasteiger partial charge is 2.00 e. The molecular formula is C9H11BrMgS. The zero-order valence-electron chi connectivity index (χ0n) is 7.38. The molecule has 1 aromatic carbocycles. The third-order valence-electron chi connectivity index (χ3n) is 1.04. The van der Waals surface area contributed by atoms with Crippen molar-refractivity contribution in [2.75, 3.05) is 0 Å². The normalized spacial score (nSPS) is 8.58. The Morgan fingerprint density at radius 3 is 2.42 bits per heavy atom. The molecule has 0 amide bonds. The average molecular weight is 255 g/mol. The van der Waals surface area contributed by atoms with Gasteiger partial charge in [-0.1, -0.05) is 13.8 Å². The molecule has 0 heterocycles. The zero-order chi connectivity index (χ0) is 7.40. The second-order valence-corrected chi connectivity index (χ2v) is 4.01. The molecule has 3 heteroatoms. The number of halogens is 1. The smallest absolute Gasteiger partial charge is 1.00 e. The monoisotopic (exact) mass is 254 g/mol. The Balaban J connectivity index is 0. The van der Waals surface area contributed by atoms with Crippen molar-refractivity contribution in [2.45, 2.75) is 24.0 Å². The van der Waals surface area contributed by atoms with E-state index >= 15 is 0 Å². The standard InChI is InChI=1S/C9H11S.BrH.Mg/c1-8(2)10-9-6-4-3-5-7-9;;/h3-6,8H,1-2H3;1H;/q-1;;+2/p-1. The number of thioether (sulfide) groups is 1. The molecule has 0 aliphatic rings. The molecule has 0 atom stereocenters. The van der Waals surface area contributed by atoms with E-state index in [0.717, 1.165) is 0 Å². The van der Waals surface area contributed by atoms with Gasteiger partial charge in [0.15, 0.2) is 0 Å². The molecule has 0 fully saturated rings. The summed E-state index contributed by atoms with van der Waals surface area (Å²) in [5.74, 6) is 0. The van der Waals surface area contributed by atoms with Gasteiger partial charge in [-0.15, -0.1) is 4.90 Å². The van der Waals surface area contributed by atoms with Crippen LogP contribution >= 0.6 is 11.8 Å². The second-order valence-electron chi connectivity index (χ2n) is 2.39. The first-order chi connectivity index (χ1) is 4.79. The van der Waals surface area contributed by atoms with E-state index in [1.165, 1.54) is 4.90 Å². The van der Waals surface area contributed by atoms with Gasteiger partial charge in [0.25, 0.3) is 0 Å². The Morgan fingerprint density at radius 1 is 1.33 bits per heavy atom. The van der Waals surface area contributed by atoms with E-state index in [9.17, 15) is 0 Å². The molecule has 0 aliphatic heterocycles. The van der Waals surface area contributed by atoms with Crippen LogP contribution in [0.3, 0.4) is 0 Å². The summed E-state index contributed by atoms with van der Waals surface area (Å²) in [7, 11) is 0. The molecule has 0 spiro atoms. The summed E-state index contributed by atoms with van der Waals surface area (Å²) in [6.45, 7) is 4.37. The first-order valence-electron chi connectivity index (χ1n) is 3.42. The summed E-state index contributed by atoms with van der Waals surface area (Å²) in [5, 5.41) is 0.652. The summed E-state index contributed by atoms with van der Waals surface area (Å²) >= 11 is 1.84. The van der Waals surface area contributed by atoms with Gasteiger partial charge in [0, 0.05) is 5.25 Å². The molecule has 0 saturated heterocycles. The molecule has 12 heavy (non-hydrogen) atoms. The fourth-order valence-corrected chi connectivity index (χ4v) is 1.51. The molecule has 1 aromatic rings. The van der Waals surface area contributed by atoms with Gasteiger partial charge in [-0.25, -0.2) is 0 Å². The number of hydrogen-bond donors (Lipinski definition) is 0. The van der Waals surface area contributed by atoms with Crippen molar-refractivity contribution < 1.29 is 17.0 Å². The fraction of sp³-hybridized carbons (Fsp3) is 0.333. The Hall–Kier alpha value is 0.816. The van der Waals surface area contributed by atoms with Gasteiger partial charge in [-0.2, -0.15) is 42.1 Å². The van der Waals surface area contributed by atoms with Crippen LogP contribution in [0.15, 0.2) is 29.2 Å². The zero-order valence-corrected chi connectivity index (χ0v) is 11.2. The van der Waals surface area contributed by atoms with Gasteiger partial charge in [0.1, 0.15) is 0 Å². The van der Waals surface area contributed by atoms with Crippen molar-refractivity contribution >= 4 is 34.8 Å². The van der Waals surface area contributed by atoms with E-state index in [2.05, 4.69) is 26.0 Å². The number of hydrogen-bond acceptors (Lipinski definition) is 1. The summed E-state index contributed by atoms with van der Waals surface area (Å²) < 4.78 is 0. The molecule has 0 N–H and O–H groups in total. The van der Waals surface area contributed by atoms with Crippen LogP contribution in [0.1, 0.15) is 13.8 Å². The van der Waals surface area contributed by atoms with Gasteiger partial charge < -0.3 is 17.0 Å². The Bertz CT molecular complexity index is 189. The average Bonchev–Trinajstić information content (AvgIpc) is 1.88. The minimum absolute atomic E-state index is 0. The quantitative estimate of drug-likeness (QED) is 0.394. The van der Waals surface area contributed by atoms with Crippen LogP contribution in [0.2, 0.25) is 0 Å². The second kappa shape index (κ2) is 8.42. The molecule has 0 radical (unpaired) electrons. The van der Waals surface area contributed by atoms with Crippen molar-refractivity contribution in [3.05, 3.63) is 30.3 Å². The van der Waals surface area contributed by atoms with Gasteiger partial charge in [0.2, 0.25) is 0 Å². The summed E-state index contributed by atoms with van der Waals surface area (Å²) in [4.78, 5) is 1.23. The maximum absolute atomic E-state index is 3.16. The minimum atomic E-state index is 0. The third kappa shape index (κ3) is 6.35. The molecule has 0 saturated carbocycles. The van der Waals surface area contributed by atoms with Gasteiger partial charge in [-0.05, 0) is 0 Å². The Morgan fingerprint density at radius 2 is 2.00 bits per heavy atom. The van der Waals surface area contributed by atoms with Crippen molar-refractivity contribution in [3.8, 4) is 0 Å². The molecule has 1 rings (SSSR count). The molecule has 62 valence electrons. The predicted molar refractivity (Wildman–Crippen MR) is 52.0 cm³/mol. The predicted octanol–water partition coefficient (Wildman–Crippen LogP) is -0.390. The van der Waals surface area contributed by atoms with E-state index in [0.29, 0.717) is 5.25 Å². The summed E-state index contributed by atoms with van der Waals surface area (Å²) in [5.41, 5.74) is 0. The van der Waals surface area contributed by atoms with E-state index in [1.807, 2.05) is 30.0 Å². The summed E-state index contributed by atoms with van der Waals surface area (Å²) in [6, 6.07) is 11.2. The molecule has 0 unspecified atom stereocenters. The van der Waals surface area contributed by atoms with Gasteiger partial charge in [0.05, 0.1) is 0 Å². The Kier molecular flexibility index (Phi) is 10.7. The van der Waals surface area contributed by atoms with Crippen LogP contribution in [-0.2, 0) is 0 Å². The number of benzene rings is 1. The SMILES string of the molecule is CC(C)Sc1[c-]cccc1.[Br-].[Mg+2]. The maximum Gasteiger partial charge on any atom is 2.00 e. The van der Waals surface area contributed by atoms with E-state index < -0.39 is 0 Å². The van der Waals surface area contributed by atoms with E-state index in [4.69, 9.17) is 0 Å². The van der Waals surface area contributed by atoms with Crippen LogP contribution in [0, 0.1) is 6.07 Å². The third-order valence-corrected chi connectivity index (χ3v) is 2.02. The molecule has 0 aromatic heterocycles.